The van der Waals surface area contributed by atoms with Gasteiger partial charge >= 0.3 is 0 Å². The zero-order valence-corrected chi connectivity index (χ0v) is 12.2. The number of hydrogen-bond acceptors (Lipinski definition) is 2. The van der Waals surface area contributed by atoms with Crippen LogP contribution in [0.1, 0.15) is 42.5 Å². The van der Waals surface area contributed by atoms with Crippen LogP contribution in [0.2, 0.25) is 0 Å². The molecule has 1 atom stereocenters. The number of pyridine rings is 1. The zero-order valence-electron chi connectivity index (χ0n) is 12.2. The molecule has 2 heterocycles. The third-order valence-electron chi connectivity index (χ3n) is 4.14. The number of aromatic nitrogens is 2. The maximum absolute atomic E-state index is 4.18. The first kappa shape index (κ1) is 13.4. The lowest BCUT2D eigenvalue weighted by Crippen LogP contribution is -2.23. The number of aryl methyl sites for hydroxylation is 3. The minimum atomic E-state index is 0.559. The minimum Gasteiger partial charge on any atom is -0.353 e. The molecule has 3 heteroatoms. The van der Waals surface area contributed by atoms with Crippen LogP contribution in [0.25, 0.3) is 0 Å². The van der Waals surface area contributed by atoms with Crippen LogP contribution in [0.3, 0.4) is 0 Å². The van der Waals surface area contributed by atoms with Gasteiger partial charge in [0.25, 0.3) is 0 Å². The molecule has 0 amide bonds. The van der Waals surface area contributed by atoms with Crippen molar-refractivity contribution in [3.63, 3.8) is 0 Å². The van der Waals surface area contributed by atoms with Crippen LogP contribution in [-0.4, -0.2) is 16.1 Å². The summed E-state index contributed by atoms with van der Waals surface area (Å²) in [6, 6.07) is 4.72. The molecule has 20 heavy (non-hydrogen) atoms. The summed E-state index contributed by atoms with van der Waals surface area (Å²) in [6.45, 7) is 4.27. The highest BCUT2D eigenvalue weighted by atomic mass is 15.0. The van der Waals surface area contributed by atoms with Gasteiger partial charge in [0.15, 0.2) is 0 Å². The van der Waals surface area contributed by atoms with Crippen molar-refractivity contribution in [1.82, 2.24) is 14.9 Å². The van der Waals surface area contributed by atoms with Crippen molar-refractivity contribution in [2.24, 2.45) is 0 Å². The van der Waals surface area contributed by atoms with E-state index in [2.05, 4.69) is 40.3 Å². The van der Waals surface area contributed by atoms with Crippen molar-refractivity contribution in [2.45, 2.75) is 45.2 Å². The average Bonchev–Trinajstić information content (AvgIpc) is 2.91. The Morgan fingerprint density at radius 2 is 2.35 bits per heavy atom. The van der Waals surface area contributed by atoms with Crippen LogP contribution in [0, 0.1) is 0 Å². The second-order valence-electron chi connectivity index (χ2n) is 5.59. The van der Waals surface area contributed by atoms with Gasteiger partial charge in [0, 0.05) is 37.4 Å². The first-order valence-corrected chi connectivity index (χ1v) is 7.67. The van der Waals surface area contributed by atoms with Gasteiger partial charge in [0.2, 0.25) is 0 Å². The predicted molar refractivity (Wildman–Crippen MR) is 81.7 cm³/mol. The fourth-order valence-corrected chi connectivity index (χ4v) is 3.14. The normalized spacial score (nSPS) is 17.9. The fraction of sp³-hybridized carbons (Fsp3) is 0.471. The van der Waals surface area contributed by atoms with E-state index in [0.717, 1.165) is 19.5 Å². The summed E-state index contributed by atoms with van der Waals surface area (Å²) in [4.78, 5) is 4.18. The summed E-state index contributed by atoms with van der Waals surface area (Å²) in [5.41, 5.74) is 4.36. The number of nitrogens with one attached hydrogen (secondary N) is 1. The van der Waals surface area contributed by atoms with E-state index in [-0.39, 0.29) is 0 Å². The third kappa shape index (κ3) is 2.93. The van der Waals surface area contributed by atoms with Gasteiger partial charge in [-0.25, -0.2) is 0 Å². The van der Waals surface area contributed by atoms with Crippen molar-refractivity contribution >= 4 is 0 Å². The predicted octanol–water partition coefficient (Wildman–Crippen LogP) is 3.11. The molecule has 3 rings (SSSR count). The Kier molecular flexibility index (Phi) is 4.16. The number of hydrogen-bond donors (Lipinski definition) is 1. The van der Waals surface area contributed by atoms with Crippen LogP contribution in [0.4, 0.5) is 0 Å². The monoisotopic (exact) mass is 269 g/mol. The second kappa shape index (κ2) is 6.23. The summed E-state index contributed by atoms with van der Waals surface area (Å²) >= 11 is 0. The quantitative estimate of drug-likeness (QED) is 0.904. The van der Waals surface area contributed by atoms with Crippen LogP contribution in [0.15, 0.2) is 36.9 Å². The van der Waals surface area contributed by atoms with Gasteiger partial charge in [0.1, 0.15) is 0 Å². The summed E-state index contributed by atoms with van der Waals surface area (Å²) in [5, 5.41) is 3.60. The van der Waals surface area contributed by atoms with E-state index in [9.17, 15) is 0 Å². The Bertz CT molecular complexity index is 545. The van der Waals surface area contributed by atoms with Gasteiger partial charge in [0.05, 0.1) is 0 Å². The Hall–Kier alpha value is -1.61. The van der Waals surface area contributed by atoms with Gasteiger partial charge in [-0.15, -0.1) is 0 Å². The van der Waals surface area contributed by atoms with E-state index < -0.39 is 0 Å². The lowest BCUT2D eigenvalue weighted by Gasteiger charge is -2.22. The van der Waals surface area contributed by atoms with Crippen LogP contribution in [0.5, 0.6) is 0 Å². The largest absolute Gasteiger partial charge is 0.353 e. The molecule has 0 aliphatic heterocycles. The molecule has 1 unspecified atom stereocenters. The highest BCUT2D eigenvalue weighted by Crippen LogP contribution is 2.30. The van der Waals surface area contributed by atoms with Crippen LogP contribution in [-0.2, 0) is 19.4 Å². The van der Waals surface area contributed by atoms with E-state index in [1.807, 2.05) is 18.5 Å². The molecule has 0 bridgehead atoms. The molecule has 1 aliphatic carbocycles. The molecular formula is C17H23N3. The first-order chi connectivity index (χ1) is 9.86. The SMILES string of the molecule is CCNC1CCCc2cn(CCc3cccnc3)cc21. The minimum absolute atomic E-state index is 0.559. The molecule has 1 N–H and O–H groups in total. The van der Waals surface area contributed by atoms with Crippen molar-refractivity contribution in [2.75, 3.05) is 6.54 Å². The molecule has 0 saturated heterocycles. The molecule has 2 aromatic rings. The summed E-state index contributed by atoms with van der Waals surface area (Å²) < 4.78 is 2.35. The summed E-state index contributed by atoms with van der Waals surface area (Å²) in [5.74, 6) is 0. The van der Waals surface area contributed by atoms with Gasteiger partial charge in [-0.2, -0.15) is 0 Å². The third-order valence-corrected chi connectivity index (χ3v) is 4.14. The Labute approximate surface area is 121 Å². The Balaban J connectivity index is 1.69. The van der Waals surface area contributed by atoms with Gasteiger partial charge < -0.3 is 9.88 Å². The molecule has 0 spiro atoms. The molecule has 0 fully saturated rings. The average molecular weight is 269 g/mol. The van der Waals surface area contributed by atoms with E-state index in [1.54, 1.807) is 0 Å². The summed E-state index contributed by atoms with van der Waals surface area (Å²) in [6.07, 6.45) is 13.3. The molecule has 1 aliphatic rings. The van der Waals surface area contributed by atoms with Crippen molar-refractivity contribution < 1.29 is 0 Å². The standard InChI is InChI=1S/C17H23N3/c1-2-19-17-7-3-6-15-12-20(13-16(15)17)10-8-14-5-4-9-18-11-14/h4-5,9,11-13,17,19H,2-3,6-8,10H2,1H3. The molecule has 106 valence electrons. The smallest absolute Gasteiger partial charge is 0.0338 e. The van der Waals surface area contributed by atoms with E-state index in [4.69, 9.17) is 0 Å². The van der Waals surface area contributed by atoms with Crippen LogP contribution < -0.4 is 5.32 Å². The van der Waals surface area contributed by atoms with E-state index in [1.165, 1.54) is 36.0 Å². The van der Waals surface area contributed by atoms with Gasteiger partial charge in [-0.1, -0.05) is 13.0 Å². The van der Waals surface area contributed by atoms with Gasteiger partial charge in [-0.3, -0.25) is 4.98 Å². The van der Waals surface area contributed by atoms with Crippen molar-refractivity contribution in [3.8, 4) is 0 Å². The number of fused-ring (bicyclic) bond motifs is 1. The maximum Gasteiger partial charge on any atom is 0.0338 e. The fourth-order valence-electron chi connectivity index (χ4n) is 3.14. The topological polar surface area (TPSA) is 29.9 Å². The Morgan fingerprint density at radius 1 is 1.40 bits per heavy atom. The molecule has 0 aromatic carbocycles. The highest BCUT2D eigenvalue weighted by molar-refractivity contribution is 5.30. The number of nitrogens with zero attached hydrogens (tertiary/aromatic N) is 2. The maximum atomic E-state index is 4.18. The molecule has 3 nitrogen and oxygen atoms in total. The molecular weight excluding hydrogens is 246 g/mol. The molecule has 0 radical (unpaired) electrons. The van der Waals surface area contributed by atoms with Gasteiger partial charge in [-0.05, 0) is 55.0 Å². The second-order valence-corrected chi connectivity index (χ2v) is 5.59. The van der Waals surface area contributed by atoms with E-state index in [0.29, 0.717) is 6.04 Å². The Morgan fingerprint density at radius 3 is 3.15 bits per heavy atom. The van der Waals surface area contributed by atoms with Crippen molar-refractivity contribution in [3.05, 3.63) is 53.6 Å². The zero-order chi connectivity index (χ0) is 13.8. The lowest BCUT2D eigenvalue weighted by molar-refractivity contribution is 0.473. The van der Waals surface area contributed by atoms with Crippen molar-refractivity contribution in [1.29, 1.82) is 0 Å². The number of rotatable bonds is 5. The lowest BCUT2D eigenvalue weighted by atomic mass is 9.91. The molecule has 2 aromatic heterocycles. The highest BCUT2D eigenvalue weighted by Gasteiger charge is 2.20. The summed E-state index contributed by atoms with van der Waals surface area (Å²) in [7, 11) is 0. The van der Waals surface area contributed by atoms with E-state index >= 15 is 0 Å². The first-order valence-electron chi connectivity index (χ1n) is 7.67. The van der Waals surface area contributed by atoms with Crippen LogP contribution >= 0.6 is 0 Å². The molecule has 0 saturated carbocycles.